The van der Waals surface area contributed by atoms with Gasteiger partial charge in [-0.15, -0.1) is 12.4 Å². The maximum Gasteiger partial charge on any atom is 0.269 e. The van der Waals surface area contributed by atoms with Gasteiger partial charge in [-0.3, -0.25) is 5.10 Å². The van der Waals surface area contributed by atoms with Gasteiger partial charge in [0.25, 0.3) is 10.0 Å². The number of H-pyrrole nitrogens is 1. The summed E-state index contributed by atoms with van der Waals surface area (Å²) in [6, 6.07) is 10.4. The van der Waals surface area contributed by atoms with Crippen LogP contribution in [0.2, 0.25) is 0 Å². The van der Waals surface area contributed by atoms with E-state index in [2.05, 4.69) is 31.1 Å². The van der Waals surface area contributed by atoms with Crippen molar-refractivity contribution in [2.75, 3.05) is 0 Å². The fourth-order valence-corrected chi connectivity index (χ4v) is 4.34. The topological polar surface area (TPSA) is 80.6 Å². The van der Waals surface area contributed by atoms with Crippen LogP contribution in [-0.4, -0.2) is 27.6 Å². The summed E-state index contributed by atoms with van der Waals surface area (Å²) in [4.78, 5) is 4.54. The van der Waals surface area contributed by atoms with Crippen molar-refractivity contribution in [3.05, 3.63) is 65.0 Å². The fourth-order valence-electron chi connectivity index (χ4n) is 2.68. The van der Waals surface area contributed by atoms with E-state index < -0.39 is 10.0 Å². The van der Waals surface area contributed by atoms with Crippen LogP contribution in [0.25, 0.3) is 22.3 Å². The van der Waals surface area contributed by atoms with Crippen molar-refractivity contribution in [3.63, 3.8) is 0 Å². The molecule has 0 saturated heterocycles. The highest BCUT2D eigenvalue weighted by Gasteiger charge is 2.23. The van der Waals surface area contributed by atoms with Crippen molar-refractivity contribution in [3.8, 4) is 11.3 Å². The standard InChI is InChI=1S/C17H13BrN4O2S.ClH/c1-11-2-4-13(5-3-11)25(23,24)22-10-15(16-6-7-20-21-16)14-8-12(18)9-19-17(14)22;/h2-10H,1H3,(H,20,21);1H. The average molecular weight is 454 g/mol. The zero-order valence-electron chi connectivity index (χ0n) is 13.5. The second kappa shape index (κ2) is 6.86. The first kappa shape index (κ1) is 18.6. The van der Waals surface area contributed by atoms with E-state index in [0.717, 1.165) is 21.3 Å². The molecule has 1 N–H and O–H groups in total. The van der Waals surface area contributed by atoms with Crippen LogP contribution in [0.1, 0.15) is 5.56 Å². The van der Waals surface area contributed by atoms with Crippen molar-refractivity contribution in [1.29, 1.82) is 0 Å². The molecule has 0 fully saturated rings. The van der Waals surface area contributed by atoms with E-state index in [9.17, 15) is 8.42 Å². The summed E-state index contributed by atoms with van der Waals surface area (Å²) in [5, 5.41) is 7.54. The number of rotatable bonds is 3. The van der Waals surface area contributed by atoms with Gasteiger partial charge in [-0.1, -0.05) is 17.7 Å². The number of hydrogen-bond donors (Lipinski definition) is 1. The van der Waals surface area contributed by atoms with Crippen LogP contribution in [0.4, 0.5) is 0 Å². The van der Waals surface area contributed by atoms with Crippen LogP contribution in [0.3, 0.4) is 0 Å². The number of pyridine rings is 1. The third-order valence-electron chi connectivity index (χ3n) is 3.95. The molecule has 0 aliphatic carbocycles. The first-order valence-electron chi connectivity index (χ1n) is 7.45. The Labute approximate surface area is 164 Å². The summed E-state index contributed by atoms with van der Waals surface area (Å²) in [7, 11) is -3.76. The number of fused-ring (bicyclic) bond motifs is 1. The number of aromatic nitrogens is 4. The Bertz CT molecular complexity index is 1170. The molecule has 9 heteroatoms. The third kappa shape index (κ3) is 3.04. The molecule has 0 aliphatic rings. The van der Waals surface area contributed by atoms with E-state index in [1.54, 1.807) is 48.9 Å². The van der Waals surface area contributed by atoms with Gasteiger partial charge in [0, 0.05) is 34.0 Å². The van der Waals surface area contributed by atoms with Gasteiger partial charge in [-0.2, -0.15) is 5.10 Å². The predicted octanol–water partition coefficient (Wildman–Crippen LogP) is 4.16. The molecule has 0 bridgehead atoms. The molecule has 3 heterocycles. The van der Waals surface area contributed by atoms with Gasteiger partial charge in [0.2, 0.25) is 0 Å². The number of nitrogens with zero attached hydrogens (tertiary/aromatic N) is 3. The summed E-state index contributed by atoms with van der Waals surface area (Å²) in [5.74, 6) is 0. The molecule has 0 unspecified atom stereocenters. The minimum absolute atomic E-state index is 0. The molecule has 0 saturated carbocycles. The summed E-state index contributed by atoms with van der Waals surface area (Å²) in [6.45, 7) is 1.91. The van der Waals surface area contributed by atoms with Crippen molar-refractivity contribution < 1.29 is 8.42 Å². The van der Waals surface area contributed by atoms with Crippen LogP contribution in [0.5, 0.6) is 0 Å². The highest BCUT2D eigenvalue weighted by Crippen LogP contribution is 2.32. The number of aryl methyl sites for hydroxylation is 1. The number of nitrogens with one attached hydrogen (secondary N) is 1. The molecule has 0 aliphatic heterocycles. The molecule has 1 aromatic carbocycles. The number of halogens is 2. The molecular formula is C17H14BrClN4O2S. The van der Waals surface area contributed by atoms with Crippen LogP contribution >= 0.6 is 28.3 Å². The molecule has 134 valence electrons. The van der Waals surface area contributed by atoms with E-state index in [-0.39, 0.29) is 17.3 Å². The normalized spacial score (nSPS) is 11.5. The number of hydrogen-bond acceptors (Lipinski definition) is 4. The first-order chi connectivity index (χ1) is 12.0. The van der Waals surface area contributed by atoms with Gasteiger partial charge in [-0.05, 0) is 47.1 Å². The maximum atomic E-state index is 13.1. The smallest absolute Gasteiger partial charge is 0.269 e. The van der Waals surface area contributed by atoms with Crippen molar-refractivity contribution in [2.45, 2.75) is 11.8 Å². The lowest BCUT2D eigenvalue weighted by atomic mass is 10.2. The second-order valence-corrected chi connectivity index (χ2v) is 8.38. The second-order valence-electron chi connectivity index (χ2n) is 5.65. The van der Waals surface area contributed by atoms with Crippen molar-refractivity contribution in [2.24, 2.45) is 0 Å². The van der Waals surface area contributed by atoms with Gasteiger partial charge < -0.3 is 0 Å². The number of aromatic amines is 1. The molecule has 4 rings (SSSR count). The summed E-state index contributed by atoms with van der Waals surface area (Å²) in [5.41, 5.74) is 2.81. The zero-order valence-corrected chi connectivity index (χ0v) is 16.8. The lowest BCUT2D eigenvalue weighted by Crippen LogP contribution is -2.12. The van der Waals surface area contributed by atoms with Crippen LogP contribution in [-0.2, 0) is 10.0 Å². The highest BCUT2D eigenvalue weighted by molar-refractivity contribution is 9.10. The summed E-state index contributed by atoms with van der Waals surface area (Å²) < 4.78 is 28.2. The largest absolute Gasteiger partial charge is 0.278 e. The van der Waals surface area contributed by atoms with Gasteiger partial charge in [0.1, 0.15) is 0 Å². The molecule has 0 atom stereocenters. The maximum absolute atomic E-state index is 13.1. The van der Waals surface area contributed by atoms with Crippen molar-refractivity contribution in [1.82, 2.24) is 19.2 Å². The van der Waals surface area contributed by atoms with Crippen LogP contribution < -0.4 is 0 Å². The Morgan fingerprint density at radius 2 is 1.88 bits per heavy atom. The lowest BCUT2D eigenvalue weighted by molar-refractivity contribution is 0.589. The molecule has 0 radical (unpaired) electrons. The first-order valence-corrected chi connectivity index (χ1v) is 9.69. The zero-order chi connectivity index (χ0) is 17.6. The Kier molecular flexibility index (Phi) is 4.92. The fraction of sp³-hybridized carbons (Fsp3) is 0.0588. The quantitative estimate of drug-likeness (QED) is 0.505. The van der Waals surface area contributed by atoms with Gasteiger partial charge in [0.15, 0.2) is 5.65 Å². The molecular weight excluding hydrogens is 440 g/mol. The average Bonchev–Trinajstić information content (AvgIpc) is 3.22. The molecule has 6 nitrogen and oxygen atoms in total. The highest BCUT2D eigenvalue weighted by atomic mass is 79.9. The Morgan fingerprint density at radius 1 is 1.15 bits per heavy atom. The molecule has 3 aromatic heterocycles. The van der Waals surface area contributed by atoms with E-state index in [0.29, 0.717) is 11.0 Å². The van der Waals surface area contributed by atoms with Crippen molar-refractivity contribution >= 4 is 49.4 Å². The Balaban J connectivity index is 0.00000196. The lowest BCUT2D eigenvalue weighted by Gasteiger charge is -2.07. The SMILES string of the molecule is Cc1ccc(S(=O)(=O)n2cc(-c3ccn[nH]3)c3cc(Br)cnc32)cc1.Cl. The van der Waals surface area contributed by atoms with Gasteiger partial charge in [-0.25, -0.2) is 17.4 Å². The molecule has 4 aromatic rings. The van der Waals surface area contributed by atoms with E-state index in [1.165, 1.54) is 3.97 Å². The number of benzene rings is 1. The molecule has 26 heavy (non-hydrogen) atoms. The monoisotopic (exact) mass is 452 g/mol. The molecule has 0 amide bonds. The van der Waals surface area contributed by atoms with Crippen LogP contribution in [0.15, 0.2) is 64.4 Å². The van der Waals surface area contributed by atoms with E-state index >= 15 is 0 Å². The van der Waals surface area contributed by atoms with Gasteiger partial charge in [0.05, 0.1) is 10.6 Å². The van der Waals surface area contributed by atoms with E-state index in [1.807, 2.05) is 13.0 Å². The Morgan fingerprint density at radius 3 is 2.54 bits per heavy atom. The summed E-state index contributed by atoms with van der Waals surface area (Å²) in [6.07, 6.45) is 4.78. The predicted molar refractivity (Wildman–Crippen MR) is 106 cm³/mol. The van der Waals surface area contributed by atoms with Gasteiger partial charge >= 0.3 is 0 Å². The van der Waals surface area contributed by atoms with E-state index in [4.69, 9.17) is 0 Å². The molecule has 0 spiro atoms. The summed E-state index contributed by atoms with van der Waals surface area (Å²) >= 11 is 3.40. The van der Waals surface area contributed by atoms with Crippen LogP contribution in [0, 0.1) is 6.92 Å². The Hall–Kier alpha value is -2.16. The minimum Gasteiger partial charge on any atom is -0.278 e. The minimum atomic E-state index is -3.76. The third-order valence-corrected chi connectivity index (χ3v) is 6.05.